The van der Waals surface area contributed by atoms with Gasteiger partial charge in [-0.25, -0.2) is 9.97 Å². The molecule has 1 aromatic rings. The number of hydrogen-bond acceptors (Lipinski definition) is 4. The van der Waals surface area contributed by atoms with Crippen molar-refractivity contribution in [3.05, 3.63) is 17.0 Å². The first kappa shape index (κ1) is 16.7. The highest BCUT2D eigenvalue weighted by atomic mass is 35.5. The zero-order chi connectivity index (χ0) is 15.1. The predicted octanol–water partition coefficient (Wildman–Crippen LogP) is 2.39. The topological polar surface area (TPSA) is 49.3 Å². The van der Waals surface area contributed by atoms with Gasteiger partial charge < -0.3 is 9.80 Å². The molecule has 5 nitrogen and oxygen atoms in total. The number of amides is 1. The van der Waals surface area contributed by atoms with Crippen molar-refractivity contribution in [2.75, 3.05) is 32.1 Å². The summed E-state index contributed by atoms with van der Waals surface area (Å²) in [5.74, 6) is 1.50. The fraction of sp³-hybridized carbons (Fsp3) is 0.643. The number of carbonyl (C=O) groups is 1. The van der Waals surface area contributed by atoms with E-state index in [9.17, 15) is 4.79 Å². The standard InChI is InChI=1S/C14H23ClN4O/c1-5-7-12-16-11(15)9-13(17-12)19(8-6-2)10-14(20)18(3)4/h9H,5-8,10H2,1-4H3. The van der Waals surface area contributed by atoms with Crippen LogP contribution in [0.4, 0.5) is 5.82 Å². The molecule has 1 heterocycles. The smallest absolute Gasteiger partial charge is 0.241 e. The first-order chi connectivity index (χ1) is 9.47. The van der Waals surface area contributed by atoms with Crippen molar-refractivity contribution < 1.29 is 4.79 Å². The van der Waals surface area contributed by atoms with Crippen LogP contribution in [0.2, 0.25) is 5.15 Å². The maximum atomic E-state index is 11.9. The second-order valence-electron chi connectivity index (χ2n) is 4.92. The summed E-state index contributed by atoms with van der Waals surface area (Å²) < 4.78 is 0. The lowest BCUT2D eigenvalue weighted by Gasteiger charge is -2.24. The van der Waals surface area contributed by atoms with Crippen LogP contribution in [0, 0.1) is 0 Å². The van der Waals surface area contributed by atoms with E-state index in [2.05, 4.69) is 23.8 Å². The van der Waals surface area contributed by atoms with Crippen molar-refractivity contribution in [1.29, 1.82) is 0 Å². The lowest BCUT2D eigenvalue weighted by Crippen LogP contribution is -2.37. The molecule has 0 aliphatic carbocycles. The second kappa shape index (κ2) is 8.04. The Morgan fingerprint density at radius 2 is 1.95 bits per heavy atom. The summed E-state index contributed by atoms with van der Waals surface area (Å²) in [4.78, 5) is 24.2. The van der Waals surface area contributed by atoms with Gasteiger partial charge >= 0.3 is 0 Å². The van der Waals surface area contributed by atoms with Crippen molar-refractivity contribution in [2.45, 2.75) is 33.1 Å². The predicted molar refractivity (Wildman–Crippen MR) is 82.2 cm³/mol. The van der Waals surface area contributed by atoms with Gasteiger partial charge in [0.2, 0.25) is 5.91 Å². The van der Waals surface area contributed by atoms with Crippen LogP contribution in [0.25, 0.3) is 0 Å². The minimum Gasteiger partial charge on any atom is -0.347 e. The normalized spacial score (nSPS) is 10.4. The van der Waals surface area contributed by atoms with Crippen LogP contribution in [-0.4, -0.2) is 48.0 Å². The van der Waals surface area contributed by atoms with Crippen LogP contribution in [-0.2, 0) is 11.2 Å². The fourth-order valence-corrected chi connectivity index (χ4v) is 1.99. The number of rotatable bonds is 7. The van der Waals surface area contributed by atoms with Crippen molar-refractivity contribution in [1.82, 2.24) is 14.9 Å². The molecule has 20 heavy (non-hydrogen) atoms. The molecule has 0 fully saturated rings. The van der Waals surface area contributed by atoms with E-state index in [-0.39, 0.29) is 5.91 Å². The Morgan fingerprint density at radius 1 is 1.25 bits per heavy atom. The van der Waals surface area contributed by atoms with Gasteiger partial charge in [0.05, 0.1) is 6.54 Å². The third kappa shape index (κ3) is 4.96. The summed E-state index contributed by atoms with van der Waals surface area (Å²) in [6.45, 7) is 5.21. The monoisotopic (exact) mass is 298 g/mol. The Bertz CT molecular complexity index is 451. The van der Waals surface area contributed by atoms with Crippen molar-refractivity contribution in [3.63, 3.8) is 0 Å². The SMILES string of the molecule is CCCc1nc(Cl)cc(N(CCC)CC(=O)N(C)C)n1. The molecule has 0 atom stereocenters. The van der Waals surface area contributed by atoms with E-state index in [1.54, 1.807) is 25.1 Å². The number of aryl methyl sites for hydroxylation is 1. The molecule has 0 spiro atoms. The first-order valence-corrected chi connectivity index (χ1v) is 7.34. The number of halogens is 1. The third-order valence-corrected chi connectivity index (χ3v) is 3.04. The van der Waals surface area contributed by atoms with Gasteiger partial charge in [0.1, 0.15) is 16.8 Å². The minimum absolute atomic E-state index is 0.0465. The molecule has 1 aromatic heterocycles. The first-order valence-electron chi connectivity index (χ1n) is 6.96. The molecule has 0 saturated heterocycles. The largest absolute Gasteiger partial charge is 0.347 e. The molecule has 0 aromatic carbocycles. The van der Waals surface area contributed by atoms with Crippen LogP contribution < -0.4 is 4.90 Å². The number of anilines is 1. The molecular weight excluding hydrogens is 276 g/mol. The van der Waals surface area contributed by atoms with E-state index in [0.717, 1.165) is 37.4 Å². The Labute approximate surface area is 126 Å². The molecule has 0 bridgehead atoms. The highest BCUT2D eigenvalue weighted by molar-refractivity contribution is 6.29. The van der Waals surface area contributed by atoms with Gasteiger partial charge in [-0.05, 0) is 12.8 Å². The zero-order valence-corrected chi connectivity index (χ0v) is 13.4. The van der Waals surface area contributed by atoms with Gasteiger partial charge in [-0.3, -0.25) is 4.79 Å². The zero-order valence-electron chi connectivity index (χ0n) is 12.7. The Kier molecular flexibility index (Phi) is 6.71. The number of hydrogen-bond donors (Lipinski definition) is 0. The fourth-order valence-electron chi connectivity index (χ4n) is 1.80. The summed E-state index contributed by atoms with van der Waals surface area (Å²) in [6.07, 6.45) is 2.69. The third-order valence-electron chi connectivity index (χ3n) is 2.84. The lowest BCUT2D eigenvalue weighted by atomic mass is 10.3. The van der Waals surface area contributed by atoms with E-state index in [0.29, 0.717) is 11.7 Å². The lowest BCUT2D eigenvalue weighted by molar-refractivity contribution is -0.127. The van der Waals surface area contributed by atoms with Crippen molar-refractivity contribution in [3.8, 4) is 0 Å². The summed E-state index contributed by atoms with van der Waals surface area (Å²) in [7, 11) is 3.50. The second-order valence-corrected chi connectivity index (χ2v) is 5.31. The molecule has 0 radical (unpaired) electrons. The van der Waals surface area contributed by atoms with Gasteiger partial charge in [-0.2, -0.15) is 0 Å². The summed E-state index contributed by atoms with van der Waals surface area (Å²) in [6, 6.07) is 1.72. The molecular formula is C14H23ClN4O. The minimum atomic E-state index is 0.0465. The maximum Gasteiger partial charge on any atom is 0.241 e. The van der Waals surface area contributed by atoms with Gasteiger partial charge in [0.15, 0.2) is 0 Å². The highest BCUT2D eigenvalue weighted by Gasteiger charge is 2.15. The van der Waals surface area contributed by atoms with E-state index in [1.807, 2.05) is 4.90 Å². The van der Waals surface area contributed by atoms with Crippen LogP contribution in [0.5, 0.6) is 0 Å². The molecule has 0 aliphatic heterocycles. The van der Waals surface area contributed by atoms with Gasteiger partial charge in [0.25, 0.3) is 0 Å². The van der Waals surface area contributed by atoms with Crippen LogP contribution >= 0.6 is 11.6 Å². The molecule has 0 aliphatic rings. The molecule has 0 N–H and O–H groups in total. The van der Waals surface area contributed by atoms with Crippen LogP contribution in [0.15, 0.2) is 6.07 Å². The molecule has 1 rings (SSSR count). The van der Waals surface area contributed by atoms with Crippen LogP contribution in [0.3, 0.4) is 0 Å². The van der Waals surface area contributed by atoms with Crippen LogP contribution in [0.1, 0.15) is 32.5 Å². The quantitative estimate of drug-likeness (QED) is 0.725. The van der Waals surface area contributed by atoms with E-state index < -0.39 is 0 Å². The van der Waals surface area contributed by atoms with E-state index in [4.69, 9.17) is 11.6 Å². The average molecular weight is 299 g/mol. The number of aromatic nitrogens is 2. The van der Waals surface area contributed by atoms with Gasteiger partial charge in [-0.15, -0.1) is 0 Å². The number of likely N-dealkylation sites (N-methyl/N-ethyl adjacent to an activating group) is 1. The van der Waals surface area contributed by atoms with Gasteiger partial charge in [0, 0.05) is 33.1 Å². The van der Waals surface area contributed by atoms with E-state index >= 15 is 0 Å². The number of nitrogens with zero attached hydrogens (tertiary/aromatic N) is 4. The average Bonchev–Trinajstić information content (AvgIpc) is 2.37. The van der Waals surface area contributed by atoms with Gasteiger partial charge in [-0.1, -0.05) is 25.4 Å². The highest BCUT2D eigenvalue weighted by Crippen LogP contribution is 2.17. The summed E-state index contributed by atoms with van der Waals surface area (Å²) in [5, 5.41) is 0.428. The summed E-state index contributed by atoms with van der Waals surface area (Å²) >= 11 is 6.06. The molecule has 6 heteroatoms. The Balaban J connectivity index is 2.98. The maximum absolute atomic E-state index is 11.9. The molecule has 112 valence electrons. The van der Waals surface area contributed by atoms with E-state index in [1.165, 1.54) is 0 Å². The Morgan fingerprint density at radius 3 is 2.50 bits per heavy atom. The molecule has 1 amide bonds. The molecule has 0 saturated carbocycles. The Hall–Kier alpha value is -1.36. The summed E-state index contributed by atoms with van der Waals surface area (Å²) in [5.41, 5.74) is 0. The molecule has 0 unspecified atom stereocenters. The number of carbonyl (C=O) groups excluding carboxylic acids is 1. The van der Waals surface area contributed by atoms with Crippen molar-refractivity contribution >= 4 is 23.3 Å². The van der Waals surface area contributed by atoms with Crippen molar-refractivity contribution in [2.24, 2.45) is 0 Å².